The topological polar surface area (TPSA) is 58.0 Å². The molecule has 5 heteroatoms. The van der Waals surface area contributed by atoms with Crippen molar-refractivity contribution in [3.05, 3.63) is 87.8 Å². The Morgan fingerprint density at radius 3 is 2.52 bits per heavy atom. The third kappa shape index (κ3) is 2.64. The molecule has 0 saturated heterocycles. The van der Waals surface area contributed by atoms with E-state index in [0.29, 0.717) is 21.6 Å². The number of imidazole rings is 1. The molecule has 2 N–H and O–H groups in total. The number of aromatic amines is 1. The van der Waals surface area contributed by atoms with Gasteiger partial charge in [0.2, 0.25) is 5.88 Å². The van der Waals surface area contributed by atoms with Crippen molar-refractivity contribution >= 4 is 30.2 Å². The van der Waals surface area contributed by atoms with Crippen LogP contribution in [0.4, 0.5) is 0 Å². The van der Waals surface area contributed by atoms with E-state index in [0.717, 1.165) is 11.3 Å². The lowest BCUT2D eigenvalue weighted by molar-refractivity contribution is 0.103. The van der Waals surface area contributed by atoms with Crippen molar-refractivity contribution in [2.45, 2.75) is 0 Å². The first-order valence-electron chi connectivity index (χ1n) is 7.78. The molecule has 122 valence electrons. The van der Waals surface area contributed by atoms with Gasteiger partial charge in [0.25, 0.3) is 0 Å². The van der Waals surface area contributed by atoms with Gasteiger partial charge in [0.05, 0.1) is 5.69 Å². The lowest BCUT2D eigenvalue weighted by atomic mass is 9.92. The minimum Gasteiger partial charge on any atom is -0.493 e. The number of para-hydroxylation sites is 1. The number of rotatable bonds is 2. The van der Waals surface area contributed by atoms with Crippen LogP contribution in [0.1, 0.15) is 21.6 Å². The van der Waals surface area contributed by atoms with E-state index in [1.807, 2.05) is 54.6 Å². The number of benzene rings is 2. The molecule has 25 heavy (non-hydrogen) atoms. The predicted octanol–water partition coefficient (Wildman–Crippen LogP) is 4.53. The maximum Gasteiger partial charge on any atom is 0.222 e. The molecule has 0 atom stereocenters. The SMILES string of the molecule is O=C1C(=Cc2[nH]c(=S)n(-c3ccccc3)c2O)C=Cc2ccccc21. The highest BCUT2D eigenvalue weighted by atomic mass is 32.1. The number of aromatic nitrogens is 2. The Morgan fingerprint density at radius 2 is 1.72 bits per heavy atom. The monoisotopic (exact) mass is 346 g/mol. The molecule has 4 nitrogen and oxygen atoms in total. The molecule has 0 fully saturated rings. The first-order chi connectivity index (χ1) is 12.1. The normalized spacial score (nSPS) is 14.7. The molecule has 0 saturated carbocycles. The number of carbonyl (C=O) groups excluding carboxylic acids is 1. The van der Waals surface area contributed by atoms with E-state index in [-0.39, 0.29) is 11.7 Å². The summed E-state index contributed by atoms with van der Waals surface area (Å²) in [7, 11) is 0. The molecule has 0 bridgehead atoms. The number of Topliss-reactive ketones (excluding diaryl/α,β-unsaturated/α-hetero) is 1. The highest BCUT2D eigenvalue weighted by Gasteiger charge is 2.19. The largest absolute Gasteiger partial charge is 0.493 e. The van der Waals surface area contributed by atoms with Crippen molar-refractivity contribution in [3.8, 4) is 11.6 Å². The van der Waals surface area contributed by atoms with Crippen LogP contribution in [0.25, 0.3) is 17.8 Å². The van der Waals surface area contributed by atoms with Gasteiger partial charge in [-0.1, -0.05) is 54.6 Å². The van der Waals surface area contributed by atoms with Crippen molar-refractivity contribution in [2.24, 2.45) is 0 Å². The summed E-state index contributed by atoms with van der Waals surface area (Å²) in [6.07, 6.45) is 5.27. The number of hydrogen-bond donors (Lipinski definition) is 2. The highest BCUT2D eigenvalue weighted by molar-refractivity contribution is 7.71. The molecule has 1 aliphatic carbocycles. The number of allylic oxidation sites excluding steroid dienone is 2. The van der Waals surface area contributed by atoms with Crippen molar-refractivity contribution < 1.29 is 9.90 Å². The third-order valence-electron chi connectivity index (χ3n) is 4.12. The molecule has 0 spiro atoms. The van der Waals surface area contributed by atoms with Gasteiger partial charge in [-0.25, -0.2) is 0 Å². The Balaban J connectivity index is 1.79. The molecule has 4 rings (SSSR count). The predicted molar refractivity (Wildman–Crippen MR) is 100 cm³/mol. The van der Waals surface area contributed by atoms with E-state index in [9.17, 15) is 9.90 Å². The molecule has 3 aromatic rings. The van der Waals surface area contributed by atoms with E-state index < -0.39 is 0 Å². The molecule has 0 aliphatic heterocycles. The van der Waals surface area contributed by atoms with Crippen LogP contribution < -0.4 is 0 Å². The van der Waals surface area contributed by atoms with Crippen LogP contribution in [-0.2, 0) is 0 Å². The zero-order valence-electron chi connectivity index (χ0n) is 13.1. The van der Waals surface area contributed by atoms with Gasteiger partial charge in [0.15, 0.2) is 10.6 Å². The van der Waals surface area contributed by atoms with Gasteiger partial charge < -0.3 is 10.1 Å². The fraction of sp³-hybridized carbons (Fsp3) is 0. The van der Waals surface area contributed by atoms with Crippen LogP contribution in [0.15, 0.2) is 66.2 Å². The van der Waals surface area contributed by atoms with Crippen molar-refractivity contribution in [1.29, 1.82) is 0 Å². The summed E-state index contributed by atoms with van der Waals surface area (Å²) in [6.45, 7) is 0. The van der Waals surface area contributed by atoms with Crippen LogP contribution >= 0.6 is 12.2 Å². The number of ketones is 1. The molecule has 1 heterocycles. The molecule has 0 radical (unpaired) electrons. The molecule has 2 aromatic carbocycles. The average Bonchev–Trinajstić information content (AvgIpc) is 2.92. The van der Waals surface area contributed by atoms with Gasteiger partial charge in [0, 0.05) is 11.1 Å². The van der Waals surface area contributed by atoms with Gasteiger partial charge in [-0.15, -0.1) is 0 Å². The molecule has 1 aliphatic rings. The number of nitrogens with zero attached hydrogens (tertiary/aromatic N) is 1. The second-order valence-corrected chi connectivity index (χ2v) is 6.07. The van der Waals surface area contributed by atoms with Crippen LogP contribution in [-0.4, -0.2) is 20.4 Å². The molecule has 0 amide bonds. The van der Waals surface area contributed by atoms with Gasteiger partial charge in [-0.05, 0) is 36.0 Å². The lowest BCUT2D eigenvalue weighted by Gasteiger charge is -2.11. The zero-order chi connectivity index (χ0) is 17.4. The first-order valence-corrected chi connectivity index (χ1v) is 8.19. The van der Waals surface area contributed by atoms with Crippen LogP contribution in [0.5, 0.6) is 5.88 Å². The number of carbonyl (C=O) groups is 1. The van der Waals surface area contributed by atoms with E-state index in [2.05, 4.69) is 4.98 Å². The Morgan fingerprint density at radius 1 is 1.00 bits per heavy atom. The van der Waals surface area contributed by atoms with Crippen LogP contribution in [0.3, 0.4) is 0 Å². The van der Waals surface area contributed by atoms with Gasteiger partial charge in [-0.2, -0.15) is 0 Å². The van der Waals surface area contributed by atoms with E-state index in [1.165, 1.54) is 4.57 Å². The molecule has 0 unspecified atom stereocenters. The Kier molecular flexibility index (Phi) is 3.71. The van der Waals surface area contributed by atoms with Crippen LogP contribution in [0.2, 0.25) is 0 Å². The molecular formula is C20H14N2O2S. The van der Waals surface area contributed by atoms with Gasteiger partial charge in [-0.3, -0.25) is 9.36 Å². The van der Waals surface area contributed by atoms with E-state index in [1.54, 1.807) is 18.2 Å². The number of fused-ring (bicyclic) bond motifs is 1. The standard InChI is InChI=1S/C20H14N2O2S/c23-18-14(11-10-13-6-4-5-9-16(13)18)12-17-19(24)22(20(25)21-17)15-7-2-1-3-8-15/h1-12,24H,(H,21,25). The molecular weight excluding hydrogens is 332 g/mol. The van der Waals surface area contributed by atoms with Crippen molar-refractivity contribution in [1.82, 2.24) is 9.55 Å². The fourth-order valence-electron chi connectivity index (χ4n) is 2.89. The third-order valence-corrected chi connectivity index (χ3v) is 4.41. The van der Waals surface area contributed by atoms with Crippen molar-refractivity contribution in [3.63, 3.8) is 0 Å². The first kappa shape index (κ1) is 15.4. The summed E-state index contributed by atoms with van der Waals surface area (Å²) >= 11 is 5.32. The van der Waals surface area contributed by atoms with Gasteiger partial charge in [0.1, 0.15) is 5.69 Å². The summed E-state index contributed by atoms with van der Waals surface area (Å²) in [4.78, 5) is 15.6. The van der Waals surface area contributed by atoms with Crippen molar-refractivity contribution in [2.75, 3.05) is 0 Å². The fourth-order valence-corrected chi connectivity index (χ4v) is 3.19. The molecule has 1 aromatic heterocycles. The minimum absolute atomic E-state index is 0.0243. The number of nitrogens with one attached hydrogen (secondary N) is 1. The second-order valence-electron chi connectivity index (χ2n) is 5.69. The van der Waals surface area contributed by atoms with E-state index in [4.69, 9.17) is 12.2 Å². The zero-order valence-corrected chi connectivity index (χ0v) is 14.0. The minimum atomic E-state index is -0.0794. The summed E-state index contributed by atoms with van der Waals surface area (Å²) in [6, 6.07) is 16.8. The quantitative estimate of drug-likeness (QED) is 0.529. The average molecular weight is 346 g/mol. The second kappa shape index (κ2) is 6.03. The maximum atomic E-state index is 12.6. The number of aromatic hydroxyl groups is 1. The summed E-state index contributed by atoms with van der Waals surface area (Å²) in [5, 5.41) is 10.6. The van der Waals surface area contributed by atoms with E-state index >= 15 is 0 Å². The number of hydrogen-bond acceptors (Lipinski definition) is 3. The summed E-state index contributed by atoms with van der Waals surface area (Å²) in [5.74, 6) is -0.104. The smallest absolute Gasteiger partial charge is 0.222 e. The lowest BCUT2D eigenvalue weighted by Crippen LogP contribution is -2.07. The Labute approximate surface area is 149 Å². The highest BCUT2D eigenvalue weighted by Crippen LogP contribution is 2.28. The van der Waals surface area contributed by atoms with Crippen LogP contribution in [0, 0.1) is 4.77 Å². The Bertz CT molecular complexity index is 1090. The van der Waals surface area contributed by atoms with Gasteiger partial charge >= 0.3 is 0 Å². The number of H-pyrrole nitrogens is 1. The summed E-state index contributed by atoms with van der Waals surface area (Å²) in [5.41, 5.74) is 3.19. The maximum absolute atomic E-state index is 12.6. The Hall–Kier alpha value is -3.18. The summed E-state index contributed by atoms with van der Waals surface area (Å²) < 4.78 is 1.90.